The quantitative estimate of drug-likeness (QED) is 0.543. The standard InChI is InChI=1S/C26H29N3O4S/c1-18-8-6-9-24(20(18)3)29-15-13-28(14-16-29)21-11-12-23(22(17-21)26(30)31)27-34(32,33)25-10-5-4-7-19(25)2/h4-12,17,27H,13-16H2,1-3H3,(H,30,31). The molecule has 0 unspecified atom stereocenters. The van der Waals surface area contributed by atoms with Crippen molar-refractivity contribution in [1.82, 2.24) is 0 Å². The highest BCUT2D eigenvalue weighted by atomic mass is 32.2. The smallest absolute Gasteiger partial charge is 0.337 e. The van der Waals surface area contributed by atoms with E-state index in [-0.39, 0.29) is 16.1 Å². The fraction of sp³-hybridized carbons (Fsp3) is 0.269. The minimum atomic E-state index is -3.92. The molecular weight excluding hydrogens is 450 g/mol. The lowest BCUT2D eigenvalue weighted by molar-refractivity contribution is 0.0698. The molecule has 7 nitrogen and oxygen atoms in total. The largest absolute Gasteiger partial charge is 0.478 e. The molecule has 0 saturated carbocycles. The Morgan fingerprint density at radius 3 is 2.18 bits per heavy atom. The number of hydrogen-bond acceptors (Lipinski definition) is 5. The fourth-order valence-electron chi connectivity index (χ4n) is 4.34. The van der Waals surface area contributed by atoms with Gasteiger partial charge in [-0.1, -0.05) is 30.3 Å². The number of hydrogen-bond donors (Lipinski definition) is 2. The first-order chi connectivity index (χ1) is 16.2. The van der Waals surface area contributed by atoms with E-state index >= 15 is 0 Å². The summed E-state index contributed by atoms with van der Waals surface area (Å²) in [6, 6.07) is 17.8. The summed E-state index contributed by atoms with van der Waals surface area (Å²) in [6.07, 6.45) is 0. The number of nitrogens with zero attached hydrogens (tertiary/aromatic N) is 2. The number of aryl methyl sites for hydroxylation is 2. The van der Waals surface area contributed by atoms with E-state index in [0.717, 1.165) is 31.9 Å². The first kappa shape index (κ1) is 23.6. The topological polar surface area (TPSA) is 90.0 Å². The lowest BCUT2D eigenvalue weighted by Gasteiger charge is -2.38. The normalized spacial score (nSPS) is 14.2. The van der Waals surface area contributed by atoms with Crippen LogP contribution in [0.5, 0.6) is 0 Å². The number of benzene rings is 3. The number of carboxylic acid groups (broad SMARTS) is 1. The Labute approximate surface area is 200 Å². The molecule has 1 heterocycles. The van der Waals surface area contributed by atoms with E-state index < -0.39 is 16.0 Å². The molecule has 34 heavy (non-hydrogen) atoms. The number of piperazine rings is 1. The van der Waals surface area contributed by atoms with Crippen molar-refractivity contribution in [3.63, 3.8) is 0 Å². The summed E-state index contributed by atoms with van der Waals surface area (Å²) in [5, 5.41) is 9.80. The highest BCUT2D eigenvalue weighted by Gasteiger charge is 2.23. The van der Waals surface area contributed by atoms with Gasteiger partial charge in [0.2, 0.25) is 0 Å². The molecule has 2 N–H and O–H groups in total. The predicted molar refractivity (Wildman–Crippen MR) is 136 cm³/mol. The molecule has 1 aliphatic heterocycles. The van der Waals surface area contributed by atoms with Gasteiger partial charge in [0, 0.05) is 37.6 Å². The summed E-state index contributed by atoms with van der Waals surface area (Å²) >= 11 is 0. The van der Waals surface area contributed by atoms with Crippen LogP contribution >= 0.6 is 0 Å². The minimum absolute atomic E-state index is 0.0496. The second-order valence-electron chi connectivity index (χ2n) is 8.60. The van der Waals surface area contributed by atoms with Gasteiger partial charge < -0.3 is 14.9 Å². The maximum Gasteiger partial charge on any atom is 0.337 e. The van der Waals surface area contributed by atoms with Crippen LogP contribution in [0.1, 0.15) is 27.0 Å². The van der Waals surface area contributed by atoms with Crippen molar-refractivity contribution in [2.45, 2.75) is 25.7 Å². The Morgan fingerprint density at radius 2 is 1.50 bits per heavy atom. The zero-order valence-corrected chi connectivity index (χ0v) is 20.4. The van der Waals surface area contributed by atoms with Gasteiger partial charge in [0.15, 0.2) is 0 Å². The average Bonchev–Trinajstić information content (AvgIpc) is 2.81. The van der Waals surface area contributed by atoms with Crippen LogP contribution in [0, 0.1) is 20.8 Å². The number of sulfonamides is 1. The average molecular weight is 480 g/mol. The third-order valence-corrected chi connectivity index (χ3v) is 7.95. The van der Waals surface area contributed by atoms with Gasteiger partial charge >= 0.3 is 5.97 Å². The van der Waals surface area contributed by atoms with Crippen LogP contribution in [0.15, 0.2) is 65.6 Å². The highest BCUT2D eigenvalue weighted by Crippen LogP contribution is 2.29. The zero-order valence-electron chi connectivity index (χ0n) is 19.6. The van der Waals surface area contributed by atoms with Gasteiger partial charge in [-0.25, -0.2) is 13.2 Å². The van der Waals surface area contributed by atoms with Crippen molar-refractivity contribution in [2.24, 2.45) is 0 Å². The van der Waals surface area contributed by atoms with Crippen LogP contribution in [0.25, 0.3) is 0 Å². The van der Waals surface area contributed by atoms with Crippen molar-refractivity contribution >= 4 is 33.1 Å². The molecular formula is C26H29N3O4S. The van der Waals surface area contributed by atoms with Gasteiger partial charge in [-0.3, -0.25) is 4.72 Å². The molecule has 8 heteroatoms. The molecule has 0 aliphatic carbocycles. The maximum absolute atomic E-state index is 12.9. The summed E-state index contributed by atoms with van der Waals surface area (Å²) in [5.74, 6) is -1.18. The molecule has 1 fully saturated rings. The summed E-state index contributed by atoms with van der Waals surface area (Å²) in [6.45, 7) is 9.04. The van der Waals surface area contributed by atoms with E-state index in [0.29, 0.717) is 5.56 Å². The lowest BCUT2D eigenvalue weighted by Crippen LogP contribution is -2.46. The Balaban J connectivity index is 1.54. The zero-order chi connectivity index (χ0) is 24.5. The Morgan fingerprint density at radius 1 is 0.853 bits per heavy atom. The van der Waals surface area contributed by atoms with Crippen LogP contribution in [0.3, 0.4) is 0 Å². The molecule has 0 bridgehead atoms. The maximum atomic E-state index is 12.9. The number of nitrogens with one attached hydrogen (secondary N) is 1. The van der Waals surface area contributed by atoms with Gasteiger partial charge in [0.1, 0.15) is 0 Å². The molecule has 3 aromatic rings. The summed E-state index contributed by atoms with van der Waals surface area (Å²) in [4.78, 5) is 16.6. The summed E-state index contributed by atoms with van der Waals surface area (Å²) in [5.41, 5.74) is 5.08. The molecule has 0 amide bonds. The second kappa shape index (κ2) is 9.38. The first-order valence-electron chi connectivity index (χ1n) is 11.2. The SMILES string of the molecule is Cc1ccccc1S(=O)(=O)Nc1ccc(N2CCN(c3cccc(C)c3C)CC2)cc1C(=O)O. The van der Waals surface area contributed by atoms with Crippen molar-refractivity contribution in [3.8, 4) is 0 Å². The number of carboxylic acids is 1. The fourth-order valence-corrected chi connectivity index (χ4v) is 5.66. The van der Waals surface area contributed by atoms with Crippen LogP contribution in [0.4, 0.5) is 17.1 Å². The molecule has 178 valence electrons. The third-order valence-electron chi connectivity index (χ3n) is 6.42. The van der Waals surface area contributed by atoms with Crippen molar-refractivity contribution in [2.75, 3.05) is 40.7 Å². The second-order valence-corrected chi connectivity index (χ2v) is 10.2. The molecule has 0 radical (unpaired) electrons. The van der Waals surface area contributed by atoms with Gasteiger partial charge in [-0.05, 0) is 67.8 Å². The van der Waals surface area contributed by atoms with Gasteiger partial charge in [0.05, 0.1) is 16.1 Å². The monoisotopic (exact) mass is 479 g/mol. The molecule has 0 aromatic heterocycles. The summed E-state index contributed by atoms with van der Waals surface area (Å²) in [7, 11) is -3.92. The van der Waals surface area contributed by atoms with Crippen molar-refractivity contribution in [3.05, 3.63) is 82.9 Å². The van der Waals surface area contributed by atoms with Crippen molar-refractivity contribution in [1.29, 1.82) is 0 Å². The van der Waals surface area contributed by atoms with Gasteiger partial charge in [-0.2, -0.15) is 0 Å². The van der Waals surface area contributed by atoms with E-state index in [1.165, 1.54) is 28.9 Å². The Hall–Kier alpha value is -3.52. The van der Waals surface area contributed by atoms with Gasteiger partial charge in [0.25, 0.3) is 10.0 Å². The number of aromatic carboxylic acids is 1. The molecule has 0 spiro atoms. The highest BCUT2D eigenvalue weighted by molar-refractivity contribution is 7.92. The van der Waals surface area contributed by atoms with E-state index in [4.69, 9.17) is 0 Å². The van der Waals surface area contributed by atoms with Gasteiger partial charge in [-0.15, -0.1) is 0 Å². The van der Waals surface area contributed by atoms with Crippen molar-refractivity contribution < 1.29 is 18.3 Å². The molecule has 0 atom stereocenters. The van der Waals surface area contributed by atoms with E-state index in [1.54, 1.807) is 37.3 Å². The van der Waals surface area contributed by atoms with Crippen LogP contribution in [0.2, 0.25) is 0 Å². The van der Waals surface area contributed by atoms with E-state index in [2.05, 4.69) is 46.6 Å². The van der Waals surface area contributed by atoms with Crippen LogP contribution in [-0.4, -0.2) is 45.7 Å². The molecule has 1 aliphatic rings. The van der Waals surface area contributed by atoms with E-state index in [9.17, 15) is 18.3 Å². The first-order valence-corrected chi connectivity index (χ1v) is 12.7. The molecule has 3 aromatic carbocycles. The number of rotatable bonds is 6. The lowest BCUT2D eigenvalue weighted by atomic mass is 10.1. The molecule has 1 saturated heterocycles. The number of carbonyl (C=O) groups is 1. The minimum Gasteiger partial charge on any atom is -0.478 e. The Bertz CT molecular complexity index is 1330. The Kier molecular flexibility index (Phi) is 6.52. The number of anilines is 3. The van der Waals surface area contributed by atoms with E-state index in [1.807, 2.05) is 0 Å². The third kappa shape index (κ3) is 4.72. The van der Waals surface area contributed by atoms with Crippen LogP contribution < -0.4 is 14.5 Å². The van der Waals surface area contributed by atoms with Crippen LogP contribution in [-0.2, 0) is 10.0 Å². The molecule has 4 rings (SSSR count). The predicted octanol–water partition coefficient (Wildman–Crippen LogP) is 4.44. The summed E-state index contributed by atoms with van der Waals surface area (Å²) < 4.78 is 28.2.